The van der Waals surface area contributed by atoms with Crippen LogP contribution in [0.4, 0.5) is 0 Å². The highest BCUT2D eigenvalue weighted by atomic mass is 16.6. The maximum absolute atomic E-state index is 10.3. The van der Waals surface area contributed by atoms with Crippen LogP contribution in [-0.2, 0) is 18.9 Å². The molecule has 1 aliphatic heterocycles. The number of methoxy groups -OCH3 is 1. The smallest absolute Gasteiger partial charge is 0.114 e. The Morgan fingerprint density at radius 3 is 2.47 bits per heavy atom. The van der Waals surface area contributed by atoms with E-state index in [9.17, 15) is 5.11 Å². The van der Waals surface area contributed by atoms with Crippen LogP contribution in [0, 0.1) is 0 Å². The standard InChI is InChI=1S/C14H24O5/c1-5-7-17-9-11-14(16-4)12(15)13(10(3)19-11)18-8-6-2/h5-6,10-15H,1-2,7-9H2,3-4H3/t10-,11+,12+,13?,14+/m0/s1. The van der Waals surface area contributed by atoms with Crippen LogP contribution in [0.5, 0.6) is 0 Å². The first-order valence-electron chi connectivity index (χ1n) is 6.43. The van der Waals surface area contributed by atoms with Crippen molar-refractivity contribution in [3.63, 3.8) is 0 Å². The van der Waals surface area contributed by atoms with Gasteiger partial charge in [0.1, 0.15) is 24.4 Å². The first-order valence-corrected chi connectivity index (χ1v) is 6.43. The molecule has 1 rings (SSSR count). The van der Waals surface area contributed by atoms with E-state index in [1.165, 1.54) is 7.11 Å². The molecule has 0 bridgehead atoms. The fraction of sp³-hybridized carbons (Fsp3) is 0.714. The number of hydrogen-bond acceptors (Lipinski definition) is 5. The third-order valence-corrected chi connectivity index (χ3v) is 3.09. The third kappa shape index (κ3) is 4.40. The van der Waals surface area contributed by atoms with Crippen LogP contribution in [0.25, 0.3) is 0 Å². The highest BCUT2D eigenvalue weighted by Crippen LogP contribution is 2.25. The van der Waals surface area contributed by atoms with Gasteiger partial charge < -0.3 is 24.1 Å². The summed E-state index contributed by atoms with van der Waals surface area (Å²) in [5.74, 6) is 0. The van der Waals surface area contributed by atoms with Crippen molar-refractivity contribution in [3.05, 3.63) is 25.3 Å². The van der Waals surface area contributed by atoms with Gasteiger partial charge in [-0.15, -0.1) is 13.2 Å². The second-order valence-electron chi connectivity index (χ2n) is 4.48. The van der Waals surface area contributed by atoms with Crippen LogP contribution >= 0.6 is 0 Å². The van der Waals surface area contributed by atoms with Gasteiger partial charge in [0, 0.05) is 7.11 Å². The van der Waals surface area contributed by atoms with Crippen molar-refractivity contribution >= 4 is 0 Å². The molecule has 0 aromatic rings. The fourth-order valence-corrected chi connectivity index (χ4v) is 2.22. The van der Waals surface area contributed by atoms with Gasteiger partial charge in [0.15, 0.2) is 0 Å². The first-order chi connectivity index (χ1) is 9.15. The molecule has 1 heterocycles. The van der Waals surface area contributed by atoms with E-state index in [-0.39, 0.29) is 12.2 Å². The predicted molar refractivity (Wildman–Crippen MR) is 72.1 cm³/mol. The summed E-state index contributed by atoms with van der Waals surface area (Å²) in [6, 6.07) is 0. The molecular formula is C14H24O5. The zero-order valence-electron chi connectivity index (χ0n) is 11.7. The second-order valence-corrected chi connectivity index (χ2v) is 4.48. The van der Waals surface area contributed by atoms with Gasteiger partial charge in [-0.2, -0.15) is 0 Å². The van der Waals surface area contributed by atoms with E-state index in [0.29, 0.717) is 19.8 Å². The monoisotopic (exact) mass is 272 g/mol. The van der Waals surface area contributed by atoms with Gasteiger partial charge in [-0.3, -0.25) is 0 Å². The average Bonchev–Trinajstić information content (AvgIpc) is 2.39. The summed E-state index contributed by atoms with van der Waals surface area (Å²) in [5.41, 5.74) is 0. The van der Waals surface area contributed by atoms with Crippen LogP contribution in [0.2, 0.25) is 0 Å². The molecule has 5 nitrogen and oxygen atoms in total. The van der Waals surface area contributed by atoms with Gasteiger partial charge in [-0.1, -0.05) is 12.2 Å². The van der Waals surface area contributed by atoms with E-state index in [1.54, 1.807) is 12.2 Å². The van der Waals surface area contributed by atoms with E-state index in [4.69, 9.17) is 18.9 Å². The largest absolute Gasteiger partial charge is 0.387 e. The zero-order valence-corrected chi connectivity index (χ0v) is 11.7. The topological polar surface area (TPSA) is 57.2 Å². The summed E-state index contributed by atoms with van der Waals surface area (Å²) in [5, 5.41) is 10.3. The van der Waals surface area contributed by atoms with Crippen LogP contribution in [0.15, 0.2) is 25.3 Å². The molecule has 0 radical (unpaired) electrons. The van der Waals surface area contributed by atoms with Crippen molar-refractivity contribution in [2.24, 2.45) is 0 Å². The zero-order chi connectivity index (χ0) is 14.3. The molecule has 0 spiro atoms. The quantitative estimate of drug-likeness (QED) is 0.526. The minimum absolute atomic E-state index is 0.237. The Kier molecular flexibility index (Phi) is 7.27. The van der Waals surface area contributed by atoms with Crippen molar-refractivity contribution in [2.45, 2.75) is 37.4 Å². The van der Waals surface area contributed by atoms with Crippen molar-refractivity contribution < 1.29 is 24.1 Å². The van der Waals surface area contributed by atoms with E-state index < -0.39 is 18.3 Å². The summed E-state index contributed by atoms with van der Waals surface area (Å²) >= 11 is 0. The molecule has 110 valence electrons. The lowest BCUT2D eigenvalue weighted by Crippen LogP contribution is -2.59. The Balaban J connectivity index is 2.62. The molecule has 0 aromatic carbocycles. The maximum Gasteiger partial charge on any atom is 0.114 e. The molecule has 5 atom stereocenters. The molecule has 0 aliphatic carbocycles. The molecule has 0 aromatic heterocycles. The lowest BCUT2D eigenvalue weighted by atomic mass is 9.95. The van der Waals surface area contributed by atoms with Crippen LogP contribution in [0.1, 0.15) is 6.92 Å². The number of rotatable bonds is 8. The van der Waals surface area contributed by atoms with Gasteiger partial charge in [0.25, 0.3) is 0 Å². The molecule has 1 N–H and O–H groups in total. The van der Waals surface area contributed by atoms with Crippen molar-refractivity contribution in [1.29, 1.82) is 0 Å². The van der Waals surface area contributed by atoms with Gasteiger partial charge in [-0.25, -0.2) is 0 Å². The number of ether oxygens (including phenoxy) is 4. The Labute approximate surface area is 114 Å². The van der Waals surface area contributed by atoms with Crippen molar-refractivity contribution in [3.8, 4) is 0 Å². The first kappa shape index (κ1) is 16.3. The average molecular weight is 272 g/mol. The summed E-state index contributed by atoms with van der Waals surface area (Å²) in [6.07, 6.45) is 1.08. The third-order valence-electron chi connectivity index (χ3n) is 3.09. The minimum atomic E-state index is -0.758. The summed E-state index contributed by atoms with van der Waals surface area (Å²) in [6.45, 7) is 10.2. The molecule has 0 saturated carbocycles. The molecule has 1 unspecified atom stereocenters. The van der Waals surface area contributed by atoms with Crippen molar-refractivity contribution in [2.75, 3.05) is 26.9 Å². The highest BCUT2D eigenvalue weighted by molar-refractivity contribution is 4.93. The van der Waals surface area contributed by atoms with Gasteiger partial charge >= 0.3 is 0 Å². The normalized spacial score (nSPS) is 35.0. The maximum atomic E-state index is 10.3. The van der Waals surface area contributed by atoms with Crippen LogP contribution in [0.3, 0.4) is 0 Å². The van der Waals surface area contributed by atoms with E-state index in [1.807, 2.05) is 6.92 Å². The van der Waals surface area contributed by atoms with Crippen molar-refractivity contribution in [1.82, 2.24) is 0 Å². The highest BCUT2D eigenvalue weighted by Gasteiger charge is 2.44. The minimum Gasteiger partial charge on any atom is -0.387 e. The predicted octanol–water partition coefficient (Wildman–Crippen LogP) is 0.923. The molecular weight excluding hydrogens is 248 g/mol. The van der Waals surface area contributed by atoms with E-state index in [2.05, 4.69) is 13.2 Å². The molecule has 5 heteroatoms. The SMILES string of the molecule is C=CCOC[C@H]1O[C@@H](C)C(OCC=C)[C@@H](O)[C@@H]1OC. The fourth-order valence-electron chi connectivity index (χ4n) is 2.22. The summed E-state index contributed by atoms with van der Waals surface area (Å²) in [7, 11) is 1.54. The molecule has 1 saturated heterocycles. The van der Waals surface area contributed by atoms with E-state index in [0.717, 1.165) is 0 Å². The van der Waals surface area contributed by atoms with Gasteiger partial charge in [0.05, 0.1) is 25.9 Å². The Hall–Kier alpha value is -0.720. The van der Waals surface area contributed by atoms with Gasteiger partial charge in [-0.05, 0) is 6.92 Å². The number of aliphatic hydroxyl groups is 1. The van der Waals surface area contributed by atoms with E-state index >= 15 is 0 Å². The number of hydrogen-bond donors (Lipinski definition) is 1. The van der Waals surface area contributed by atoms with Crippen LogP contribution in [-0.4, -0.2) is 62.6 Å². The molecule has 1 aliphatic rings. The Morgan fingerprint density at radius 2 is 1.89 bits per heavy atom. The lowest BCUT2D eigenvalue weighted by molar-refractivity contribution is -0.243. The summed E-state index contributed by atoms with van der Waals surface area (Å²) in [4.78, 5) is 0. The summed E-state index contributed by atoms with van der Waals surface area (Å²) < 4.78 is 22.0. The molecule has 1 fully saturated rings. The van der Waals surface area contributed by atoms with Crippen LogP contribution < -0.4 is 0 Å². The molecule has 19 heavy (non-hydrogen) atoms. The molecule has 0 amide bonds. The Bertz CT molecular complexity index is 279. The van der Waals surface area contributed by atoms with Gasteiger partial charge in [0.2, 0.25) is 0 Å². The lowest BCUT2D eigenvalue weighted by Gasteiger charge is -2.42. The number of aliphatic hydroxyl groups excluding tert-OH is 1. The second kappa shape index (κ2) is 8.45. The Morgan fingerprint density at radius 1 is 1.21 bits per heavy atom.